The highest BCUT2D eigenvalue weighted by atomic mass is 35.5. The average Bonchev–Trinajstić information content (AvgIpc) is 2.45. The first kappa shape index (κ1) is 10.4. The molecule has 80 valence electrons. The minimum atomic E-state index is -4.20. The minimum Gasteiger partial charge on any atom is -0.338 e. The molecule has 0 bridgehead atoms. The lowest BCUT2D eigenvalue weighted by atomic mass is 10.2. The van der Waals surface area contributed by atoms with Gasteiger partial charge in [0.2, 0.25) is 0 Å². The standard InChI is InChI=1S/C10H7ClF3N/c11-8-1-2-9-7(5-8)3-4-15(9)6-10(12,13)14/h1-5H,6H2. The van der Waals surface area contributed by atoms with E-state index in [0.29, 0.717) is 15.9 Å². The van der Waals surface area contributed by atoms with Crippen LogP contribution in [0.5, 0.6) is 0 Å². The number of alkyl halides is 3. The van der Waals surface area contributed by atoms with Crippen molar-refractivity contribution >= 4 is 22.5 Å². The van der Waals surface area contributed by atoms with Crippen molar-refractivity contribution in [2.24, 2.45) is 0 Å². The molecule has 1 heterocycles. The predicted octanol–water partition coefficient (Wildman–Crippen LogP) is 3.86. The molecular formula is C10H7ClF3N. The number of rotatable bonds is 1. The maximum atomic E-state index is 12.2. The van der Waals surface area contributed by atoms with Crippen molar-refractivity contribution in [3.63, 3.8) is 0 Å². The fourth-order valence-corrected chi connectivity index (χ4v) is 1.68. The molecule has 0 amide bonds. The molecule has 0 aliphatic rings. The normalized spacial score (nSPS) is 12.3. The molecule has 2 aromatic rings. The lowest BCUT2D eigenvalue weighted by molar-refractivity contribution is -0.139. The first-order chi connectivity index (χ1) is 6.96. The lowest BCUT2D eigenvalue weighted by Gasteiger charge is -2.08. The zero-order chi connectivity index (χ0) is 11.1. The molecule has 15 heavy (non-hydrogen) atoms. The summed E-state index contributed by atoms with van der Waals surface area (Å²) in [7, 11) is 0. The van der Waals surface area contributed by atoms with Crippen LogP contribution in [0.15, 0.2) is 30.5 Å². The van der Waals surface area contributed by atoms with E-state index in [9.17, 15) is 13.2 Å². The van der Waals surface area contributed by atoms with Crippen molar-refractivity contribution in [1.29, 1.82) is 0 Å². The van der Waals surface area contributed by atoms with Gasteiger partial charge in [0.1, 0.15) is 6.54 Å². The molecule has 0 aliphatic carbocycles. The Balaban J connectivity index is 2.45. The molecule has 1 aromatic heterocycles. The maximum absolute atomic E-state index is 12.2. The van der Waals surface area contributed by atoms with Crippen molar-refractivity contribution < 1.29 is 13.2 Å². The molecule has 0 atom stereocenters. The number of hydrogen-bond acceptors (Lipinski definition) is 0. The van der Waals surface area contributed by atoms with Crippen LogP contribution in [-0.4, -0.2) is 10.7 Å². The van der Waals surface area contributed by atoms with Crippen molar-refractivity contribution in [3.05, 3.63) is 35.5 Å². The Morgan fingerprint density at radius 1 is 1.20 bits per heavy atom. The molecule has 5 heteroatoms. The molecule has 0 fully saturated rings. The monoisotopic (exact) mass is 233 g/mol. The summed E-state index contributed by atoms with van der Waals surface area (Å²) in [5.74, 6) is 0. The van der Waals surface area contributed by atoms with Crippen LogP contribution in [0, 0.1) is 0 Å². The van der Waals surface area contributed by atoms with Gasteiger partial charge in [0, 0.05) is 22.1 Å². The third kappa shape index (κ3) is 2.26. The van der Waals surface area contributed by atoms with Gasteiger partial charge in [0.15, 0.2) is 0 Å². The Hall–Kier alpha value is -1.16. The highest BCUT2D eigenvalue weighted by Gasteiger charge is 2.28. The SMILES string of the molecule is FC(F)(F)Cn1ccc2cc(Cl)ccc21. The number of nitrogens with zero attached hydrogens (tertiary/aromatic N) is 1. The largest absolute Gasteiger partial charge is 0.406 e. The Morgan fingerprint density at radius 2 is 1.93 bits per heavy atom. The smallest absolute Gasteiger partial charge is 0.338 e. The first-order valence-electron chi connectivity index (χ1n) is 4.27. The summed E-state index contributed by atoms with van der Waals surface area (Å²) in [4.78, 5) is 0. The van der Waals surface area contributed by atoms with E-state index in [1.165, 1.54) is 6.20 Å². The third-order valence-electron chi connectivity index (χ3n) is 2.08. The van der Waals surface area contributed by atoms with Crippen LogP contribution in [0.1, 0.15) is 0 Å². The van der Waals surface area contributed by atoms with Gasteiger partial charge in [-0.2, -0.15) is 13.2 Å². The average molecular weight is 234 g/mol. The van der Waals surface area contributed by atoms with Crippen molar-refractivity contribution in [2.75, 3.05) is 0 Å². The molecular weight excluding hydrogens is 227 g/mol. The number of halogens is 4. The van der Waals surface area contributed by atoms with Gasteiger partial charge in [0.25, 0.3) is 0 Å². The van der Waals surface area contributed by atoms with E-state index in [4.69, 9.17) is 11.6 Å². The minimum absolute atomic E-state index is 0.521. The maximum Gasteiger partial charge on any atom is 0.406 e. The Bertz CT molecular complexity index is 487. The van der Waals surface area contributed by atoms with Crippen molar-refractivity contribution in [3.8, 4) is 0 Å². The fraction of sp³-hybridized carbons (Fsp3) is 0.200. The molecule has 0 aliphatic heterocycles. The van der Waals surface area contributed by atoms with Gasteiger partial charge in [0.05, 0.1) is 0 Å². The molecule has 2 rings (SSSR count). The summed E-state index contributed by atoms with van der Waals surface area (Å²) in [6, 6.07) is 6.43. The molecule has 0 saturated carbocycles. The van der Waals surface area contributed by atoms with Crippen LogP contribution in [0.25, 0.3) is 10.9 Å². The van der Waals surface area contributed by atoms with Gasteiger partial charge in [-0.25, -0.2) is 0 Å². The number of fused-ring (bicyclic) bond motifs is 1. The van der Waals surface area contributed by atoms with E-state index in [0.717, 1.165) is 4.57 Å². The molecule has 0 spiro atoms. The van der Waals surface area contributed by atoms with E-state index in [1.54, 1.807) is 24.3 Å². The van der Waals surface area contributed by atoms with E-state index in [1.807, 2.05) is 0 Å². The van der Waals surface area contributed by atoms with E-state index in [-0.39, 0.29) is 0 Å². The van der Waals surface area contributed by atoms with Crippen LogP contribution < -0.4 is 0 Å². The Morgan fingerprint density at radius 3 is 2.60 bits per heavy atom. The molecule has 0 radical (unpaired) electrons. The van der Waals surface area contributed by atoms with Gasteiger partial charge < -0.3 is 4.57 Å². The first-order valence-corrected chi connectivity index (χ1v) is 4.65. The summed E-state index contributed by atoms with van der Waals surface area (Å²) < 4.78 is 37.7. The molecule has 0 N–H and O–H groups in total. The topological polar surface area (TPSA) is 4.93 Å². The van der Waals surface area contributed by atoms with Crippen LogP contribution in [0.4, 0.5) is 13.2 Å². The van der Waals surface area contributed by atoms with Crippen LogP contribution in [0.2, 0.25) is 5.02 Å². The highest BCUT2D eigenvalue weighted by molar-refractivity contribution is 6.31. The number of aromatic nitrogens is 1. The quantitative estimate of drug-likeness (QED) is 0.705. The Kier molecular flexibility index (Phi) is 2.38. The second-order valence-corrected chi connectivity index (χ2v) is 3.70. The highest BCUT2D eigenvalue weighted by Crippen LogP contribution is 2.24. The van der Waals surface area contributed by atoms with Crippen LogP contribution >= 0.6 is 11.6 Å². The van der Waals surface area contributed by atoms with Gasteiger partial charge in [-0.15, -0.1) is 0 Å². The van der Waals surface area contributed by atoms with Gasteiger partial charge in [-0.3, -0.25) is 0 Å². The molecule has 0 unspecified atom stereocenters. The van der Waals surface area contributed by atoms with Gasteiger partial charge in [-0.1, -0.05) is 11.6 Å². The number of benzene rings is 1. The van der Waals surface area contributed by atoms with Crippen LogP contribution in [0.3, 0.4) is 0 Å². The zero-order valence-corrected chi connectivity index (χ0v) is 8.31. The third-order valence-corrected chi connectivity index (χ3v) is 2.32. The summed E-state index contributed by atoms with van der Waals surface area (Å²) in [6.45, 7) is -0.974. The summed E-state index contributed by atoms with van der Waals surface area (Å²) in [6.07, 6.45) is -2.79. The van der Waals surface area contributed by atoms with Gasteiger partial charge >= 0.3 is 6.18 Å². The zero-order valence-electron chi connectivity index (χ0n) is 7.55. The van der Waals surface area contributed by atoms with Gasteiger partial charge in [-0.05, 0) is 24.3 Å². The fourth-order valence-electron chi connectivity index (χ4n) is 1.50. The second kappa shape index (κ2) is 3.45. The predicted molar refractivity (Wildman–Crippen MR) is 53.0 cm³/mol. The van der Waals surface area contributed by atoms with E-state index in [2.05, 4.69) is 0 Å². The van der Waals surface area contributed by atoms with Crippen molar-refractivity contribution in [2.45, 2.75) is 12.7 Å². The second-order valence-electron chi connectivity index (χ2n) is 3.26. The van der Waals surface area contributed by atoms with Crippen LogP contribution in [-0.2, 0) is 6.54 Å². The summed E-state index contributed by atoms with van der Waals surface area (Å²) in [5, 5.41) is 1.24. The van der Waals surface area contributed by atoms with E-state index >= 15 is 0 Å². The Labute approximate surface area is 89.1 Å². The molecule has 1 nitrogen and oxygen atoms in total. The molecule has 0 saturated heterocycles. The molecule has 1 aromatic carbocycles. The van der Waals surface area contributed by atoms with E-state index < -0.39 is 12.7 Å². The van der Waals surface area contributed by atoms with Crippen molar-refractivity contribution in [1.82, 2.24) is 4.57 Å². The summed E-state index contributed by atoms with van der Waals surface area (Å²) in [5.41, 5.74) is 0.539. The summed E-state index contributed by atoms with van der Waals surface area (Å²) >= 11 is 5.73. The number of hydrogen-bond donors (Lipinski definition) is 0. The lowest BCUT2D eigenvalue weighted by Crippen LogP contribution is -2.16.